The zero-order chi connectivity index (χ0) is 11.1. The summed E-state index contributed by atoms with van der Waals surface area (Å²) < 4.78 is -0.136. The first-order valence-electron chi connectivity index (χ1n) is 5.74. The Bertz CT molecular complexity index is 277. The quantitative estimate of drug-likeness (QED) is 0.588. The third kappa shape index (κ3) is 2.49. The van der Waals surface area contributed by atoms with Crippen LogP contribution in [0, 0.1) is 0 Å². The highest BCUT2D eigenvalue weighted by atomic mass is 35.5. The summed E-state index contributed by atoms with van der Waals surface area (Å²) in [5.74, 6) is -0.657. The Hall–Kier alpha value is 0.0700. The highest BCUT2D eigenvalue weighted by molar-refractivity contribution is 8.02. The number of hydrogen-bond donors (Lipinski definition) is 2. The largest absolute Gasteiger partial charge is 1.00 e. The molecule has 0 radical (unpaired) electrons. The van der Waals surface area contributed by atoms with E-state index in [1.807, 2.05) is 11.8 Å². The number of rotatable bonds is 1. The van der Waals surface area contributed by atoms with Gasteiger partial charge in [-0.05, 0) is 26.7 Å². The Morgan fingerprint density at radius 2 is 1.88 bits per heavy atom. The molecule has 1 spiro atoms. The second kappa shape index (κ2) is 4.75. The zero-order valence-corrected chi connectivity index (χ0v) is 11.4. The van der Waals surface area contributed by atoms with Crippen LogP contribution in [-0.2, 0) is 4.79 Å². The molecule has 16 heavy (non-hydrogen) atoms. The van der Waals surface area contributed by atoms with Crippen LogP contribution in [0.15, 0.2) is 0 Å². The number of quaternary nitrogens is 1. The maximum atomic E-state index is 11.2. The molecule has 1 heterocycles. The predicted molar refractivity (Wildman–Crippen MR) is 60.8 cm³/mol. The molecule has 1 aliphatic carbocycles. The predicted octanol–water partition coefficient (Wildman–Crippen LogP) is -1.81. The molecule has 1 saturated carbocycles. The van der Waals surface area contributed by atoms with Crippen molar-refractivity contribution >= 4 is 17.7 Å². The molecule has 0 aromatic carbocycles. The molecule has 1 saturated heterocycles. The summed E-state index contributed by atoms with van der Waals surface area (Å²) in [6.45, 7) is 4.13. The van der Waals surface area contributed by atoms with E-state index in [9.17, 15) is 9.90 Å². The van der Waals surface area contributed by atoms with Crippen molar-refractivity contribution < 1.29 is 27.6 Å². The molecule has 1 atom stereocenters. The molecule has 94 valence electrons. The molecule has 1 aliphatic heterocycles. The van der Waals surface area contributed by atoms with E-state index >= 15 is 0 Å². The number of hydrogen-bond acceptors (Lipinski definition) is 2. The summed E-state index contributed by atoms with van der Waals surface area (Å²) in [4.78, 5) is 11.4. The van der Waals surface area contributed by atoms with Gasteiger partial charge in [-0.1, -0.05) is 18.2 Å². The Balaban J connectivity index is 0.00000128. The lowest BCUT2D eigenvalue weighted by atomic mass is 9.93. The molecule has 0 aromatic heterocycles. The molecular formula is C11H20ClNO2S. The SMILES string of the molecule is CC1(C)SC2(CCCCC2)[NH2+][C@H]1C(=O)O.[Cl-]. The number of carbonyl (C=O) groups is 1. The fourth-order valence-corrected chi connectivity index (χ4v) is 4.95. The third-order valence-electron chi connectivity index (χ3n) is 3.65. The van der Waals surface area contributed by atoms with Crippen LogP contribution in [0.1, 0.15) is 46.0 Å². The van der Waals surface area contributed by atoms with Crippen LogP contribution in [0.4, 0.5) is 0 Å². The molecule has 2 rings (SSSR count). The van der Waals surface area contributed by atoms with Gasteiger partial charge >= 0.3 is 5.97 Å². The van der Waals surface area contributed by atoms with Crippen LogP contribution in [0.3, 0.4) is 0 Å². The maximum Gasteiger partial charge on any atom is 0.363 e. The smallest absolute Gasteiger partial charge is 0.363 e. The molecular weight excluding hydrogens is 246 g/mol. The molecule has 0 bridgehead atoms. The van der Waals surface area contributed by atoms with Crippen molar-refractivity contribution in [1.82, 2.24) is 0 Å². The third-order valence-corrected chi connectivity index (χ3v) is 5.38. The summed E-state index contributed by atoms with van der Waals surface area (Å²) in [5, 5.41) is 11.3. The molecule has 0 amide bonds. The van der Waals surface area contributed by atoms with Crippen molar-refractivity contribution in [3.8, 4) is 0 Å². The zero-order valence-electron chi connectivity index (χ0n) is 9.83. The van der Waals surface area contributed by atoms with Gasteiger partial charge < -0.3 is 22.8 Å². The van der Waals surface area contributed by atoms with Crippen molar-refractivity contribution in [3.05, 3.63) is 0 Å². The van der Waals surface area contributed by atoms with E-state index in [1.165, 1.54) is 32.1 Å². The van der Waals surface area contributed by atoms with Gasteiger partial charge in [0.15, 0.2) is 6.04 Å². The number of halogens is 1. The van der Waals surface area contributed by atoms with Crippen molar-refractivity contribution in [3.63, 3.8) is 0 Å². The highest BCUT2D eigenvalue weighted by Crippen LogP contribution is 2.46. The van der Waals surface area contributed by atoms with Crippen LogP contribution >= 0.6 is 11.8 Å². The molecule has 5 heteroatoms. The van der Waals surface area contributed by atoms with Crippen LogP contribution in [0.25, 0.3) is 0 Å². The van der Waals surface area contributed by atoms with Gasteiger partial charge in [0.1, 0.15) is 4.87 Å². The van der Waals surface area contributed by atoms with E-state index in [-0.39, 0.29) is 28.1 Å². The van der Waals surface area contributed by atoms with E-state index in [4.69, 9.17) is 0 Å². The molecule has 0 unspecified atom stereocenters. The van der Waals surface area contributed by atoms with E-state index in [2.05, 4.69) is 19.2 Å². The number of thioether (sulfide) groups is 1. The van der Waals surface area contributed by atoms with Crippen molar-refractivity contribution in [2.45, 2.75) is 61.6 Å². The van der Waals surface area contributed by atoms with E-state index in [1.54, 1.807) is 0 Å². The molecule has 3 nitrogen and oxygen atoms in total. The van der Waals surface area contributed by atoms with Crippen LogP contribution in [0.5, 0.6) is 0 Å². The lowest BCUT2D eigenvalue weighted by molar-refractivity contribution is -0.720. The maximum absolute atomic E-state index is 11.2. The molecule has 2 fully saturated rings. The number of carboxylic acids is 1. The number of carboxylic acid groups (broad SMARTS) is 1. The Labute approximate surface area is 107 Å². The minimum Gasteiger partial charge on any atom is -1.00 e. The minimum atomic E-state index is -0.657. The lowest BCUT2D eigenvalue weighted by Crippen LogP contribution is -3.00. The van der Waals surface area contributed by atoms with Gasteiger partial charge in [0.2, 0.25) is 0 Å². The van der Waals surface area contributed by atoms with Crippen LogP contribution in [0.2, 0.25) is 0 Å². The first-order chi connectivity index (χ1) is 6.95. The van der Waals surface area contributed by atoms with Gasteiger partial charge in [0, 0.05) is 12.8 Å². The fourth-order valence-electron chi connectivity index (χ4n) is 2.91. The van der Waals surface area contributed by atoms with Gasteiger partial charge in [0.05, 0.1) is 4.75 Å². The Morgan fingerprint density at radius 3 is 2.31 bits per heavy atom. The van der Waals surface area contributed by atoms with E-state index in [0.29, 0.717) is 0 Å². The Morgan fingerprint density at radius 1 is 1.31 bits per heavy atom. The summed E-state index contributed by atoms with van der Waals surface area (Å²) in [5.41, 5.74) is 0. The van der Waals surface area contributed by atoms with Gasteiger partial charge in [-0.15, -0.1) is 0 Å². The Kier molecular flexibility index (Phi) is 4.19. The summed E-state index contributed by atoms with van der Waals surface area (Å²) in [6, 6.07) is -0.277. The average molecular weight is 266 g/mol. The summed E-state index contributed by atoms with van der Waals surface area (Å²) in [7, 11) is 0. The normalized spacial score (nSPS) is 31.0. The lowest BCUT2D eigenvalue weighted by Gasteiger charge is -2.29. The van der Waals surface area contributed by atoms with Gasteiger partial charge in [-0.2, -0.15) is 0 Å². The van der Waals surface area contributed by atoms with E-state index in [0.717, 1.165) is 0 Å². The van der Waals surface area contributed by atoms with Crippen LogP contribution < -0.4 is 17.7 Å². The van der Waals surface area contributed by atoms with Crippen LogP contribution in [-0.4, -0.2) is 26.7 Å². The monoisotopic (exact) mass is 265 g/mol. The summed E-state index contributed by atoms with van der Waals surface area (Å²) in [6.07, 6.45) is 6.17. The fraction of sp³-hybridized carbons (Fsp3) is 0.909. The summed E-state index contributed by atoms with van der Waals surface area (Å²) >= 11 is 1.89. The van der Waals surface area contributed by atoms with Crippen molar-refractivity contribution in [1.29, 1.82) is 0 Å². The standard InChI is InChI=1S/C11H19NO2S.ClH/c1-10(2)8(9(13)14)12-11(15-10)6-4-3-5-7-11;/h8,12H,3-7H2,1-2H3,(H,13,14);1H/t8-;/m0./s1. The number of nitrogens with two attached hydrogens (primary N) is 1. The second-order valence-electron chi connectivity index (χ2n) is 5.31. The van der Waals surface area contributed by atoms with Crippen molar-refractivity contribution in [2.75, 3.05) is 0 Å². The van der Waals surface area contributed by atoms with Crippen molar-refractivity contribution in [2.24, 2.45) is 0 Å². The first-order valence-corrected chi connectivity index (χ1v) is 6.56. The van der Waals surface area contributed by atoms with Gasteiger partial charge in [0.25, 0.3) is 0 Å². The second-order valence-corrected chi connectivity index (χ2v) is 7.38. The highest BCUT2D eigenvalue weighted by Gasteiger charge is 2.57. The minimum absolute atomic E-state index is 0. The first kappa shape index (κ1) is 14.1. The van der Waals surface area contributed by atoms with Gasteiger partial charge in [-0.25, -0.2) is 4.79 Å². The average Bonchev–Trinajstić information content (AvgIpc) is 2.39. The molecule has 3 N–H and O–H groups in total. The molecule has 2 aliphatic rings. The number of aliphatic carboxylic acids is 1. The van der Waals surface area contributed by atoms with Gasteiger partial charge in [-0.3, -0.25) is 0 Å². The topological polar surface area (TPSA) is 53.9 Å². The van der Waals surface area contributed by atoms with E-state index < -0.39 is 5.97 Å². The molecule has 0 aromatic rings.